The second-order valence-corrected chi connectivity index (χ2v) is 6.90. The van der Waals surface area contributed by atoms with Crippen molar-refractivity contribution in [1.29, 1.82) is 0 Å². The van der Waals surface area contributed by atoms with Gasteiger partial charge in [0.25, 0.3) is 0 Å². The molecule has 2 heterocycles. The summed E-state index contributed by atoms with van der Waals surface area (Å²) in [5, 5.41) is 5.06. The number of ether oxygens (including phenoxy) is 3. The highest BCUT2D eigenvalue weighted by molar-refractivity contribution is 7.13. The Kier molecular flexibility index (Phi) is 5.50. The summed E-state index contributed by atoms with van der Waals surface area (Å²) in [7, 11) is 6.24. The zero-order valence-electron chi connectivity index (χ0n) is 15.5. The van der Waals surface area contributed by atoms with E-state index < -0.39 is 12.0 Å². The largest absolute Gasteiger partial charge is 0.493 e. The van der Waals surface area contributed by atoms with Gasteiger partial charge in [-0.3, -0.25) is 9.59 Å². The summed E-state index contributed by atoms with van der Waals surface area (Å²) in [6.45, 7) is 0. The second kappa shape index (κ2) is 7.83. The van der Waals surface area contributed by atoms with Crippen LogP contribution in [0.15, 0.2) is 23.7 Å². The van der Waals surface area contributed by atoms with Crippen LogP contribution >= 0.6 is 11.3 Å². The molecule has 3 rings (SSSR count). The molecule has 0 bridgehead atoms. The van der Waals surface area contributed by atoms with Crippen molar-refractivity contribution in [1.82, 2.24) is 9.88 Å². The third-order valence-corrected chi connectivity index (χ3v) is 5.33. The molecule has 2 aromatic rings. The predicted octanol–water partition coefficient (Wildman–Crippen LogP) is 2.33. The molecule has 0 radical (unpaired) electrons. The van der Waals surface area contributed by atoms with Gasteiger partial charge in [0, 0.05) is 30.6 Å². The minimum atomic E-state index is -0.585. The van der Waals surface area contributed by atoms with Gasteiger partial charge in [-0.05, 0) is 12.1 Å². The SMILES string of the molecule is COc1ccc([C@@H]2[C@@H](C(=O)Nc3nccs3)CC(=O)N2C)c(OC)c1OC. The van der Waals surface area contributed by atoms with Crippen LogP contribution in [0.25, 0.3) is 0 Å². The van der Waals surface area contributed by atoms with Gasteiger partial charge >= 0.3 is 0 Å². The molecule has 8 nitrogen and oxygen atoms in total. The predicted molar refractivity (Wildman–Crippen MR) is 100 cm³/mol. The first kappa shape index (κ1) is 19.0. The molecule has 1 fully saturated rings. The Morgan fingerprint density at radius 2 is 1.96 bits per heavy atom. The lowest BCUT2D eigenvalue weighted by atomic mass is 9.92. The topological polar surface area (TPSA) is 90.0 Å². The van der Waals surface area contributed by atoms with E-state index in [1.807, 2.05) is 0 Å². The average molecular weight is 391 g/mol. The Balaban J connectivity index is 2.01. The van der Waals surface area contributed by atoms with Crippen molar-refractivity contribution in [3.05, 3.63) is 29.3 Å². The molecule has 2 atom stereocenters. The van der Waals surface area contributed by atoms with Crippen LogP contribution in [0.1, 0.15) is 18.0 Å². The highest BCUT2D eigenvalue weighted by atomic mass is 32.1. The molecule has 1 aliphatic heterocycles. The van der Waals surface area contributed by atoms with Gasteiger partial charge in [-0.15, -0.1) is 11.3 Å². The smallest absolute Gasteiger partial charge is 0.232 e. The fourth-order valence-electron chi connectivity index (χ4n) is 3.37. The van der Waals surface area contributed by atoms with Crippen LogP contribution in [0.5, 0.6) is 17.2 Å². The third-order valence-electron chi connectivity index (χ3n) is 4.64. The molecule has 1 N–H and O–H groups in total. The van der Waals surface area contributed by atoms with Crippen LogP contribution in [0.2, 0.25) is 0 Å². The number of amides is 2. The molecule has 1 saturated heterocycles. The number of anilines is 1. The lowest BCUT2D eigenvalue weighted by Gasteiger charge is -2.27. The van der Waals surface area contributed by atoms with E-state index in [-0.39, 0.29) is 18.2 Å². The zero-order valence-corrected chi connectivity index (χ0v) is 16.3. The Hall–Kier alpha value is -2.81. The van der Waals surface area contributed by atoms with E-state index in [4.69, 9.17) is 14.2 Å². The first-order chi connectivity index (χ1) is 13.0. The van der Waals surface area contributed by atoms with Gasteiger partial charge in [0.15, 0.2) is 16.6 Å². The molecule has 27 heavy (non-hydrogen) atoms. The molecule has 1 aliphatic rings. The molecule has 0 aliphatic carbocycles. The third kappa shape index (κ3) is 3.42. The zero-order chi connectivity index (χ0) is 19.6. The maximum atomic E-state index is 12.8. The first-order valence-electron chi connectivity index (χ1n) is 8.26. The maximum Gasteiger partial charge on any atom is 0.232 e. The molecule has 9 heteroatoms. The van der Waals surface area contributed by atoms with E-state index in [0.29, 0.717) is 27.9 Å². The summed E-state index contributed by atoms with van der Waals surface area (Å²) in [6.07, 6.45) is 1.72. The standard InChI is InChI=1S/C18H21N3O5S/c1-21-13(22)9-11(17(23)20-18-19-7-8-27-18)14(21)10-5-6-12(24-2)16(26-4)15(10)25-3/h5-8,11,14H,9H2,1-4H3,(H,19,20,23)/t11-,14+/m0/s1. The fourth-order valence-corrected chi connectivity index (χ4v) is 3.90. The van der Waals surface area contributed by atoms with Gasteiger partial charge in [-0.1, -0.05) is 0 Å². The first-order valence-corrected chi connectivity index (χ1v) is 9.14. The van der Waals surface area contributed by atoms with Crippen molar-refractivity contribution >= 4 is 28.3 Å². The minimum absolute atomic E-state index is 0.107. The molecule has 1 aromatic heterocycles. The molecule has 0 spiro atoms. The lowest BCUT2D eigenvalue weighted by Crippen LogP contribution is -2.30. The Morgan fingerprint density at radius 3 is 2.56 bits per heavy atom. The summed E-state index contributed by atoms with van der Waals surface area (Å²) in [5.74, 6) is 0.410. The molecular weight excluding hydrogens is 370 g/mol. The monoisotopic (exact) mass is 391 g/mol. The van der Waals surface area contributed by atoms with Crippen molar-refractivity contribution in [2.75, 3.05) is 33.7 Å². The maximum absolute atomic E-state index is 12.8. The molecule has 0 saturated carbocycles. The van der Waals surface area contributed by atoms with Crippen molar-refractivity contribution in [3.63, 3.8) is 0 Å². The number of likely N-dealkylation sites (tertiary alicyclic amines) is 1. The number of aromatic nitrogens is 1. The van der Waals surface area contributed by atoms with Crippen LogP contribution in [-0.2, 0) is 9.59 Å². The van der Waals surface area contributed by atoms with E-state index in [0.717, 1.165) is 0 Å². The number of methoxy groups -OCH3 is 3. The lowest BCUT2D eigenvalue weighted by molar-refractivity contribution is -0.128. The number of carbonyl (C=O) groups excluding carboxylic acids is 2. The van der Waals surface area contributed by atoms with Crippen molar-refractivity contribution in [2.45, 2.75) is 12.5 Å². The number of hydrogen-bond donors (Lipinski definition) is 1. The van der Waals surface area contributed by atoms with Crippen LogP contribution in [0.3, 0.4) is 0 Å². The van der Waals surface area contributed by atoms with E-state index in [9.17, 15) is 9.59 Å². The normalized spacial score (nSPS) is 19.1. The number of nitrogens with one attached hydrogen (secondary N) is 1. The number of nitrogens with zero attached hydrogens (tertiary/aromatic N) is 2. The van der Waals surface area contributed by atoms with Gasteiger partial charge in [-0.25, -0.2) is 4.98 Å². The van der Waals surface area contributed by atoms with E-state index in [1.165, 1.54) is 32.7 Å². The quantitative estimate of drug-likeness (QED) is 0.813. The molecular formula is C18H21N3O5S. The summed E-state index contributed by atoms with van der Waals surface area (Å²) in [6, 6.07) is 3.04. The molecule has 0 unspecified atom stereocenters. The molecule has 2 amide bonds. The van der Waals surface area contributed by atoms with Gasteiger partial charge in [-0.2, -0.15) is 0 Å². The highest BCUT2D eigenvalue weighted by Crippen LogP contribution is 2.47. The van der Waals surface area contributed by atoms with Gasteiger partial charge in [0.1, 0.15) is 0 Å². The number of benzene rings is 1. The Morgan fingerprint density at radius 1 is 1.22 bits per heavy atom. The summed E-state index contributed by atoms with van der Waals surface area (Å²) in [5.41, 5.74) is 0.683. The minimum Gasteiger partial charge on any atom is -0.493 e. The van der Waals surface area contributed by atoms with Crippen LogP contribution in [0.4, 0.5) is 5.13 Å². The van der Waals surface area contributed by atoms with Crippen molar-refractivity contribution in [2.24, 2.45) is 5.92 Å². The van der Waals surface area contributed by atoms with E-state index >= 15 is 0 Å². The van der Waals surface area contributed by atoms with Gasteiger partial charge < -0.3 is 24.4 Å². The Labute approximate surface area is 161 Å². The van der Waals surface area contributed by atoms with Crippen LogP contribution in [-0.4, -0.2) is 50.1 Å². The van der Waals surface area contributed by atoms with E-state index in [2.05, 4.69) is 10.3 Å². The Bertz CT molecular complexity index is 840. The van der Waals surface area contributed by atoms with Crippen molar-refractivity contribution < 1.29 is 23.8 Å². The highest BCUT2D eigenvalue weighted by Gasteiger charge is 2.44. The number of carbonyl (C=O) groups is 2. The van der Waals surface area contributed by atoms with Gasteiger partial charge in [0.05, 0.1) is 33.3 Å². The molecule has 1 aromatic carbocycles. The summed E-state index contributed by atoms with van der Waals surface area (Å²) in [4.78, 5) is 30.9. The number of thiazole rings is 1. The van der Waals surface area contributed by atoms with Crippen molar-refractivity contribution in [3.8, 4) is 17.2 Å². The van der Waals surface area contributed by atoms with Gasteiger partial charge in [0.2, 0.25) is 17.6 Å². The van der Waals surface area contributed by atoms with Crippen LogP contribution in [0, 0.1) is 5.92 Å². The average Bonchev–Trinajstić information content (AvgIpc) is 3.28. The number of rotatable bonds is 6. The molecule has 144 valence electrons. The second-order valence-electron chi connectivity index (χ2n) is 6.01. The summed E-state index contributed by atoms with van der Waals surface area (Å²) >= 11 is 1.32. The van der Waals surface area contributed by atoms with Crippen LogP contribution < -0.4 is 19.5 Å². The van der Waals surface area contributed by atoms with E-state index in [1.54, 1.807) is 35.7 Å². The summed E-state index contributed by atoms with van der Waals surface area (Å²) < 4.78 is 16.3. The fraction of sp³-hybridized carbons (Fsp3) is 0.389. The number of hydrogen-bond acceptors (Lipinski definition) is 7.